The highest BCUT2D eigenvalue weighted by molar-refractivity contribution is 5.89. The molecule has 27 heavy (non-hydrogen) atoms. The van der Waals surface area contributed by atoms with E-state index in [4.69, 9.17) is 4.74 Å². The summed E-state index contributed by atoms with van der Waals surface area (Å²) < 4.78 is 5.31. The number of hydrogen-bond acceptors (Lipinski definition) is 3. The van der Waals surface area contributed by atoms with Gasteiger partial charge in [-0.05, 0) is 17.7 Å². The second-order valence-electron chi connectivity index (χ2n) is 6.35. The highest BCUT2D eigenvalue weighted by Crippen LogP contribution is 2.20. The molecular formula is C21H23N3O3. The Labute approximate surface area is 157 Å². The van der Waals surface area contributed by atoms with E-state index in [1.165, 1.54) is 6.92 Å². The Bertz CT molecular complexity index is 949. The van der Waals surface area contributed by atoms with Crippen LogP contribution in [0.25, 0.3) is 10.9 Å². The van der Waals surface area contributed by atoms with E-state index in [9.17, 15) is 9.59 Å². The molecule has 2 amide bonds. The predicted molar refractivity (Wildman–Crippen MR) is 104 cm³/mol. The maximum absolute atomic E-state index is 12.7. The van der Waals surface area contributed by atoms with Crippen LogP contribution < -0.4 is 15.4 Å². The summed E-state index contributed by atoms with van der Waals surface area (Å²) in [6.07, 6.45) is 2.29. The fraction of sp³-hybridized carbons (Fsp3) is 0.238. The first-order valence-electron chi connectivity index (χ1n) is 8.80. The third-order valence-corrected chi connectivity index (χ3v) is 4.44. The number of rotatable bonds is 7. The van der Waals surface area contributed by atoms with E-state index in [1.807, 2.05) is 54.7 Å². The number of amides is 2. The van der Waals surface area contributed by atoms with Crippen molar-refractivity contribution < 1.29 is 14.3 Å². The van der Waals surface area contributed by atoms with Gasteiger partial charge in [-0.15, -0.1) is 0 Å². The van der Waals surface area contributed by atoms with Crippen LogP contribution in [-0.4, -0.2) is 29.9 Å². The molecule has 0 bridgehead atoms. The molecule has 3 aromatic rings. The Morgan fingerprint density at radius 3 is 2.59 bits per heavy atom. The number of carbonyl (C=O) groups excluding carboxylic acids is 2. The Balaban J connectivity index is 1.73. The van der Waals surface area contributed by atoms with Gasteiger partial charge in [0.1, 0.15) is 11.8 Å². The lowest BCUT2D eigenvalue weighted by Gasteiger charge is -2.18. The van der Waals surface area contributed by atoms with Crippen molar-refractivity contribution in [2.45, 2.75) is 25.9 Å². The summed E-state index contributed by atoms with van der Waals surface area (Å²) in [7, 11) is 1.60. The summed E-state index contributed by atoms with van der Waals surface area (Å²) in [6.45, 7) is 1.74. The molecule has 0 fully saturated rings. The van der Waals surface area contributed by atoms with Gasteiger partial charge >= 0.3 is 0 Å². The van der Waals surface area contributed by atoms with Gasteiger partial charge in [0.15, 0.2) is 0 Å². The Hall–Kier alpha value is -3.28. The largest absolute Gasteiger partial charge is 0.496 e. The molecule has 6 heteroatoms. The van der Waals surface area contributed by atoms with Crippen molar-refractivity contribution in [3.63, 3.8) is 0 Å². The highest BCUT2D eigenvalue weighted by Gasteiger charge is 2.21. The standard InChI is InChI=1S/C21H23N3O3/c1-14(25)24-19(11-16-13-22-18-9-5-4-8-17(16)18)21(26)23-12-15-7-3-6-10-20(15)27-2/h3-10,13,19,22H,11-12H2,1-2H3,(H,23,26)(H,24,25)/t19-/m0/s1. The minimum Gasteiger partial charge on any atom is -0.496 e. The molecule has 1 aromatic heterocycles. The van der Waals surface area contributed by atoms with Crippen molar-refractivity contribution in [2.75, 3.05) is 7.11 Å². The van der Waals surface area contributed by atoms with Crippen molar-refractivity contribution in [1.82, 2.24) is 15.6 Å². The van der Waals surface area contributed by atoms with Gasteiger partial charge in [-0.2, -0.15) is 0 Å². The number of aromatic amines is 1. The van der Waals surface area contributed by atoms with E-state index in [2.05, 4.69) is 15.6 Å². The number of para-hydroxylation sites is 2. The number of nitrogens with one attached hydrogen (secondary N) is 3. The van der Waals surface area contributed by atoms with Crippen molar-refractivity contribution in [3.05, 3.63) is 65.9 Å². The van der Waals surface area contributed by atoms with Gasteiger partial charge in [-0.25, -0.2) is 0 Å². The van der Waals surface area contributed by atoms with E-state index < -0.39 is 6.04 Å². The normalized spacial score (nSPS) is 11.8. The SMILES string of the molecule is COc1ccccc1CNC(=O)[C@H](Cc1c[nH]c2ccccc12)NC(C)=O. The fourth-order valence-electron chi connectivity index (χ4n) is 3.13. The first-order valence-corrected chi connectivity index (χ1v) is 8.80. The molecule has 0 aliphatic rings. The zero-order chi connectivity index (χ0) is 19.2. The van der Waals surface area contributed by atoms with E-state index >= 15 is 0 Å². The second-order valence-corrected chi connectivity index (χ2v) is 6.35. The molecular weight excluding hydrogens is 342 g/mol. The number of carbonyl (C=O) groups is 2. The van der Waals surface area contributed by atoms with Crippen LogP contribution in [0.1, 0.15) is 18.1 Å². The average Bonchev–Trinajstić information content (AvgIpc) is 3.08. The Kier molecular flexibility index (Phi) is 5.76. The van der Waals surface area contributed by atoms with E-state index in [0.29, 0.717) is 18.7 Å². The Morgan fingerprint density at radius 1 is 1.07 bits per heavy atom. The zero-order valence-electron chi connectivity index (χ0n) is 15.4. The summed E-state index contributed by atoms with van der Waals surface area (Å²) >= 11 is 0. The first kappa shape index (κ1) is 18.5. The topological polar surface area (TPSA) is 83.2 Å². The molecule has 3 N–H and O–H groups in total. The molecule has 0 saturated carbocycles. The van der Waals surface area contributed by atoms with E-state index in [1.54, 1.807) is 7.11 Å². The first-order chi connectivity index (χ1) is 13.1. The molecule has 0 unspecified atom stereocenters. The lowest BCUT2D eigenvalue weighted by Crippen LogP contribution is -2.47. The minimum atomic E-state index is -0.656. The van der Waals surface area contributed by atoms with Crippen LogP contribution >= 0.6 is 0 Å². The molecule has 0 radical (unpaired) electrons. The minimum absolute atomic E-state index is 0.235. The Morgan fingerprint density at radius 2 is 1.81 bits per heavy atom. The second kappa shape index (κ2) is 8.40. The van der Waals surface area contributed by atoms with Crippen LogP contribution in [0.5, 0.6) is 5.75 Å². The van der Waals surface area contributed by atoms with Crippen LogP contribution in [0, 0.1) is 0 Å². The summed E-state index contributed by atoms with van der Waals surface area (Å²) in [4.78, 5) is 27.5. The van der Waals surface area contributed by atoms with Gasteiger partial charge in [0.05, 0.1) is 7.11 Å². The fourth-order valence-corrected chi connectivity index (χ4v) is 3.13. The monoisotopic (exact) mass is 365 g/mol. The maximum atomic E-state index is 12.7. The van der Waals surface area contributed by atoms with Gasteiger partial charge in [0.2, 0.25) is 11.8 Å². The molecule has 140 valence electrons. The number of fused-ring (bicyclic) bond motifs is 1. The van der Waals surface area contributed by atoms with Crippen molar-refractivity contribution >= 4 is 22.7 Å². The molecule has 0 saturated heterocycles. The number of H-pyrrole nitrogens is 1. The predicted octanol–water partition coefficient (Wildman–Crippen LogP) is 2.54. The van der Waals surface area contributed by atoms with Gasteiger partial charge in [0.25, 0.3) is 0 Å². The number of benzene rings is 2. The molecule has 0 aliphatic carbocycles. The van der Waals surface area contributed by atoms with Crippen LogP contribution in [-0.2, 0) is 22.6 Å². The third-order valence-electron chi connectivity index (χ3n) is 4.44. The van der Waals surface area contributed by atoms with Crippen molar-refractivity contribution in [2.24, 2.45) is 0 Å². The third kappa shape index (κ3) is 4.47. The average molecular weight is 365 g/mol. The number of hydrogen-bond donors (Lipinski definition) is 3. The molecule has 6 nitrogen and oxygen atoms in total. The maximum Gasteiger partial charge on any atom is 0.243 e. The van der Waals surface area contributed by atoms with Crippen LogP contribution in [0.3, 0.4) is 0 Å². The summed E-state index contributed by atoms with van der Waals surface area (Å²) in [5.74, 6) is 0.235. The van der Waals surface area contributed by atoms with Gasteiger partial charge in [-0.1, -0.05) is 36.4 Å². The quantitative estimate of drug-likeness (QED) is 0.602. The van der Waals surface area contributed by atoms with Crippen molar-refractivity contribution in [3.8, 4) is 5.75 Å². The molecule has 2 aromatic carbocycles. The number of ether oxygens (including phenoxy) is 1. The number of aromatic nitrogens is 1. The molecule has 0 spiro atoms. The molecule has 0 aliphatic heterocycles. The zero-order valence-corrected chi connectivity index (χ0v) is 15.4. The molecule has 3 rings (SSSR count). The molecule has 1 atom stereocenters. The van der Waals surface area contributed by atoms with E-state index in [-0.39, 0.29) is 11.8 Å². The van der Waals surface area contributed by atoms with Gasteiger partial charge < -0.3 is 20.4 Å². The summed E-state index contributed by atoms with van der Waals surface area (Å²) in [5.41, 5.74) is 2.86. The van der Waals surface area contributed by atoms with E-state index in [0.717, 1.165) is 22.0 Å². The van der Waals surface area contributed by atoms with Gasteiger partial charge in [-0.3, -0.25) is 9.59 Å². The van der Waals surface area contributed by atoms with Crippen LogP contribution in [0.2, 0.25) is 0 Å². The van der Waals surface area contributed by atoms with Crippen molar-refractivity contribution in [1.29, 1.82) is 0 Å². The molecule has 1 heterocycles. The summed E-state index contributed by atoms with van der Waals surface area (Å²) in [6, 6.07) is 14.7. The number of methoxy groups -OCH3 is 1. The lowest BCUT2D eigenvalue weighted by molar-refractivity contribution is -0.128. The highest BCUT2D eigenvalue weighted by atomic mass is 16.5. The summed E-state index contributed by atoms with van der Waals surface area (Å²) in [5, 5.41) is 6.69. The lowest BCUT2D eigenvalue weighted by atomic mass is 10.0. The van der Waals surface area contributed by atoms with Gasteiger partial charge in [0, 0.05) is 42.6 Å². The van der Waals surface area contributed by atoms with Crippen LogP contribution in [0.15, 0.2) is 54.7 Å². The van der Waals surface area contributed by atoms with Crippen LogP contribution in [0.4, 0.5) is 0 Å². The smallest absolute Gasteiger partial charge is 0.243 e.